The molecule has 0 aromatic rings. The third kappa shape index (κ3) is 6.54. The van der Waals surface area contributed by atoms with Crippen LogP contribution in [0.2, 0.25) is 0 Å². The molecule has 5 heteroatoms. The highest BCUT2D eigenvalue weighted by molar-refractivity contribution is 5.87. The van der Waals surface area contributed by atoms with Gasteiger partial charge in [0, 0.05) is 7.05 Å². The van der Waals surface area contributed by atoms with Gasteiger partial charge in [-0.25, -0.2) is 0 Å². The summed E-state index contributed by atoms with van der Waals surface area (Å²) >= 11 is 0. The number of likely N-dealkylation sites (N-methyl/N-ethyl adjacent to an activating group) is 1. The summed E-state index contributed by atoms with van der Waals surface area (Å²) < 4.78 is 4.93. The minimum Gasteiger partial charge on any atom is -0.492 e. The topological polar surface area (TPSA) is 67.4 Å². The number of ether oxygens (including phenoxy) is 1. The molecule has 0 bridgehead atoms. The Kier molecular flexibility index (Phi) is 7.05. The molecule has 2 amide bonds. The summed E-state index contributed by atoms with van der Waals surface area (Å²) in [6, 6.07) is -0.541. The third-order valence-electron chi connectivity index (χ3n) is 1.66. The highest BCUT2D eigenvalue weighted by Crippen LogP contribution is 1.85. The lowest BCUT2D eigenvalue weighted by molar-refractivity contribution is -0.129. The average molecular weight is 214 g/mol. The third-order valence-corrected chi connectivity index (χ3v) is 1.66. The summed E-state index contributed by atoms with van der Waals surface area (Å²) in [6.45, 7) is 3.50. The molecule has 15 heavy (non-hydrogen) atoms. The molecule has 0 saturated carbocycles. The maximum Gasteiger partial charge on any atom is 0.258 e. The molecular formula is C10H18N2O3. The van der Waals surface area contributed by atoms with Crippen LogP contribution in [0.25, 0.3) is 0 Å². The highest BCUT2D eigenvalue weighted by atomic mass is 16.5. The molecule has 0 aliphatic heterocycles. The van der Waals surface area contributed by atoms with Crippen molar-refractivity contribution in [2.75, 3.05) is 13.7 Å². The summed E-state index contributed by atoms with van der Waals surface area (Å²) in [7, 11) is 1.52. The number of carbonyl (C=O) groups is 2. The fourth-order valence-electron chi connectivity index (χ4n) is 0.853. The Morgan fingerprint density at radius 1 is 1.47 bits per heavy atom. The number of rotatable bonds is 6. The zero-order valence-corrected chi connectivity index (χ0v) is 9.37. The molecule has 0 fully saturated rings. The second kappa shape index (κ2) is 7.84. The predicted octanol–water partition coefficient (Wildman–Crippen LogP) is 0.177. The van der Waals surface area contributed by atoms with E-state index < -0.39 is 6.04 Å². The maximum atomic E-state index is 11.2. The fraction of sp³-hybridized carbons (Fsp3) is 0.600. The zero-order valence-electron chi connectivity index (χ0n) is 9.37. The second-order valence-corrected chi connectivity index (χ2v) is 2.99. The molecule has 1 atom stereocenters. The van der Waals surface area contributed by atoms with Crippen LogP contribution < -0.4 is 10.6 Å². The minimum absolute atomic E-state index is 0.0716. The summed E-state index contributed by atoms with van der Waals surface area (Å²) in [6.07, 6.45) is 4.13. The van der Waals surface area contributed by atoms with Gasteiger partial charge in [-0.05, 0) is 13.3 Å². The molecule has 5 nitrogen and oxygen atoms in total. The van der Waals surface area contributed by atoms with Crippen LogP contribution in [0.15, 0.2) is 12.3 Å². The van der Waals surface area contributed by atoms with Crippen molar-refractivity contribution in [1.82, 2.24) is 10.6 Å². The van der Waals surface area contributed by atoms with E-state index in [1.54, 1.807) is 13.0 Å². The van der Waals surface area contributed by atoms with E-state index in [1.807, 2.05) is 6.92 Å². The van der Waals surface area contributed by atoms with Gasteiger partial charge in [-0.3, -0.25) is 9.59 Å². The van der Waals surface area contributed by atoms with E-state index in [0.717, 1.165) is 6.42 Å². The molecule has 0 radical (unpaired) electrons. The monoisotopic (exact) mass is 214 g/mol. The van der Waals surface area contributed by atoms with Crippen molar-refractivity contribution in [2.45, 2.75) is 26.3 Å². The van der Waals surface area contributed by atoms with Crippen LogP contribution in [0.1, 0.15) is 20.3 Å². The van der Waals surface area contributed by atoms with Crippen LogP contribution >= 0.6 is 0 Å². The summed E-state index contributed by atoms with van der Waals surface area (Å²) in [5.74, 6) is -0.542. The van der Waals surface area contributed by atoms with Gasteiger partial charge in [0.1, 0.15) is 6.04 Å². The number of allylic oxidation sites excluding steroid dienone is 1. The fourth-order valence-corrected chi connectivity index (χ4v) is 0.853. The Morgan fingerprint density at radius 3 is 2.67 bits per heavy atom. The molecule has 0 aliphatic rings. The van der Waals surface area contributed by atoms with Crippen LogP contribution in [-0.2, 0) is 14.3 Å². The van der Waals surface area contributed by atoms with Gasteiger partial charge in [0.15, 0.2) is 6.61 Å². The average Bonchev–Trinajstić information content (AvgIpc) is 2.23. The van der Waals surface area contributed by atoms with Crippen LogP contribution in [0.5, 0.6) is 0 Å². The van der Waals surface area contributed by atoms with Gasteiger partial charge >= 0.3 is 0 Å². The largest absolute Gasteiger partial charge is 0.492 e. The lowest BCUT2D eigenvalue weighted by atomic mass is 10.3. The Hall–Kier alpha value is -1.52. The van der Waals surface area contributed by atoms with Gasteiger partial charge in [0.25, 0.3) is 5.91 Å². The second-order valence-electron chi connectivity index (χ2n) is 2.99. The van der Waals surface area contributed by atoms with Crippen molar-refractivity contribution in [2.24, 2.45) is 0 Å². The molecule has 0 aromatic carbocycles. The van der Waals surface area contributed by atoms with E-state index in [-0.39, 0.29) is 18.4 Å². The van der Waals surface area contributed by atoms with Crippen molar-refractivity contribution < 1.29 is 14.3 Å². The van der Waals surface area contributed by atoms with Gasteiger partial charge in [0.2, 0.25) is 5.91 Å². The molecule has 0 saturated heterocycles. The van der Waals surface area contributed by atoms with Crippen molar-refractivity contribution >= 4 is 11.8 Å². The van der Waals surface area contributed by atoms with Crippen LogP contribution in [0, 0.1) is 0 Å². The van der Waals surface area contributed by atoms with Gasteiger partial charge in [0.05, 0.1) is 6.26 Å². The quantitative estimate of drug-likeness (QED) is 0.620. The number of nitrogens with one attached hydrogen (secondary N) is 2. The minimum atomic E-state index is -0.541. The Bertz CT molecular complexity index is 239. The maximum absolute atomic E-state index is 11.2. The molecular weight excluding hydrogens is 196 g/mol. The molecule has 0 aromatic heterocycles. The smallest absolute Gasteiger partial charge is 0.258 e. The number of amides is 2. The molecule has 0 aliphatic carbocycles. The number of carbonyl (C=O) groups excluding carboxylic acids is 2. The van der Waals surface area contributed by atoms with Crippen molar-refractivity contribution in [3.63, 3.8) is 0 Å². The normalized spacial score (nSPS) is 12.2. The highest BCUT2D eigenvalue weighted by Gasteiger charge is 2.13. The first-order valence-corrected chi connectivity index (χ1v) is 4.89. The van der Waals surface area contributed by atoms with Crippen LogP contribution in [0.3, 0.4) is 0 Å². The van der Waals surface area contributed by atoms with Gasteiger partial charge < -0.3 is 15.4 Å². The molecule has 0 rings (SSSR count). The van der Waals surface area contributed by atoms with Crippen LogP contribution in [0.4, 0.5) is 0 Å². The standard InChI is InChI=1S/C10H18N2O3/c1-4-5-6-15-7-9(13)12-8(2)10(14)11-3/h5-6,8H,4,7H2,1-3H3,(H,11,14)(H,12,13)/b6-5+/t8-/m0/s1. The first kappa shape index (κ1) is 13.5. The first-order valence-electron chi connectivity index (χ1n) is 4.89. The summed E-state index contributed by atoms with van der Waals surface area (Å²) in [4.78, 5) is 22.2. The summed E-state index contributed by atoms with van der Waals surface area (Å²) in [5.41, 5.74) is 0. The van der Waals surface area contributed by atoms with Crippen LogP contribution in [-0.4, -0.2) is 31.5 Å². The van der Waals surface area contributed by atoms with E-state index >= 15 is 0 Å². The molecule has 0 heterocycles. The Labute approximate surface area is 89.9 Å². The van der Waals surface area contributed by atoms with Gasteiger partial charge in [-0.1, -0.05) is 13.0 Å². The Balaban J connectivity index is 3.74. The predicted molar refractivity (Wildman–Crippen MR) is 57.1 cm³/mol. The molecule has 2 N–H and O–H groups in total. The molecule has 0 unspecified atom stereocenters. The van der Waals surface area contributed by atoms with Gasteiger partial charge in [-0.2, -0.15) is 0 Å². The van der Waals surface area contributed by atoms with Crippen molar-refractivity contribution in [3.8, 4) is 0 Å². The van der Waals surface area contributed by atoms with E-state index in [4.69, 9.17) is 4.74 Å². The molecule has 0 spiro atoms. The zero-order chi connectivity index (χ0) is 11.7. The lowest BCUT2D eigenvalue weighted by Gasteiger charge is -2.11. The first-order chi connectivity index (χ1) is 7.11. The van der Waals surface area contributed by atoms with E-state index in [2.05, 4.69) is 10.6 Å². The van der Waals surface area contributed by atoms with E-state index in [1.165, 1.54) is 13.3 Å². The van der Waals surface area contributed by atoms with Crippen molar-refractivity contribution in [3.05, 3.63) is 12.3 Å². The number of hydrogen-bond acceptors (Lipinski definition) is 3. The summed E-state index contributed by atoms with van der Waals surface area (Å²) in [5, 5.41) is 4.94. The number of hydrogen-bond donors (Lipinski definition) is 2. The van der Waals surface area contributed by atoms with E-state index in [0.29, 0.717) is 0 Å². The Morgan fingerprint density at radius 2 is 2.13 bits per heavy atom. The van der Waals surface area contributed by atoms with Gasteiger partial charge in [-0.15, -0.1) is 0 Å². The molecule has 86 valence electrons. The lowest BCUT2D eigenvalue weighted by Crippen LogP contribution is -2.44. The van der Waals surface area contributed by atoms with Crippen molar-refractivity contribution in [1.29, 1.82) is 0 Å². The SMILES string of the molecule is CC/C=C/OCC(=O)N[C@@H](C)C(=O)NC. The van der Waals surface area contributed by atoms with E-state index in [9.17, 15) is 9.59 Å².